The van der Waals surface area contributed by atoms with E-state index >= 15 is 0 Å². The molecule has 0 aliphatic heterocycles. The van der Waals surface area contributed by atoms with E-state index in [9.17, 15) is 4.79 Å². The lowest BCUT2D eigenvalue weighted by molar-refractivity contribution is -0.113. The lowest BCUT2D eigenvalue weighted by Crippen LogP contribution is -2.15. The zero-order valence-corrected chi connectivity index (χ0v) is 10.5. The molecule has 0 saturated carbocycles. The Hall–Kier alpha value is -0.960. The van der Waals surface area contributed by atoms with Gasteiger partial charge in [0.15, 0.2) is 0 Å². The van der Waals surface area contributed by atoms with Crippen LogP contribution in [0.5, 0.6) is 0 Å². The molecule has 0 heterocycles. The minimum atomic E-state index is -0.0606. The summed E-state index contributed by atoms with van der Waals surface area (Å²) in [6.07, 6.45) is 0. The molecule has 0 atom stereocenters. The molecule has 15 heavy (non-hydrogen) atoms. The Morgan fingerprint density at radius 2 is 1.67 bits per heavy atom. The van der Waals surface area contributed by atoms with Crippen LogP contribution in [0, 0.1) is 27.7 Å². The van der Waals surface area contributed by atoms with Crippen LogP contribution in [0.2, 0.25) is 0 Å². The van der Waals surface area contributed by atoms with Gasteiger partial charge in [-0.3, -0.25) is 4.79 Å². The van der Waals surface area contributed by atoms with Crippen LogP contribution in [0.3, 0.4) is 0 Å². The van der Waals surface area contributed by atoms with Crippen molar-refractivity contribution in [2.45, 2.75) is 27.7 Å². The summed E-state index contributed by atoms with van der Waals surface area (Å²) < 4.78 is 0. The molecule has 0 unspecified atom stereocenters. The first-order valence-corrected chi connectivity index (χ1v) is 5.58. The molecule has 82 valence electrons. The molecule has 1 amide bonds. The Kier molecular flexibility index (Phi) is 3.80. The second kappa shape index (κ2) is 4.71. The number of benzene rings is 1. The Balaban J connectivity index is 3.21. The van der Waals surface area contributed by atoms with Crippen molar-refractivity contribution in [1.29, 1.82) is 0 Å². The first kappa shape index (κ1) is 12.1. The number of aryl methyl sites for hydroxylation is 2. The third kappa shape index (κ3) is 2.53. The SMILES string of the molecule is Cc1cc(C)c(C)c(NC(=O)CS)c1C. The maximum absolute atomic E-state index is 11.3. The van der Waals surface area contributed by atoms with Crippen LogP contribution in [-0.2, 0) is 4.79 Å². The first-order valence-electron chi connectivity index (χ1n) is 4.95. The normalized spacial score (nSPS) is 10.2. The van der Waals surface area contributed by atoms with Gasteiger partial charge >= 0.3 is 0 Å². The molecular formula is C12H17NOS. The van der Waals surface area contributed by atoms with E-state index in [-0.39, 0.29) is 11.7 Å². The molecule has 0 aliphatic rings. The molecule has 0 saturated heterocycles. The van der Waals surface area contributed by atoms with Crippen LogP contribution in [0.25, 0.3) is 0 Å². The molecule has 0 aliphatic carbocycles. The van der Waals surface area contributed by atoms with Gasteiger partial charge in [-0.05, 0) is 49.9 Å². The molecule has 1 aromatic carbocycles. The van der Waals surface area contributed by atoms with E-state index in [0.29, 0.717) is 0 Å². The summed E-state index contributed by atoms with van der Waals surface area (Å²) in [6, 6.07) is 2.14. The minimum Gasteiger partial charge on any atom is -0.325 e. The number of hydrogen-bond donors (Lipinski definition) is 2. The Bertz CT molecular complexity index is 373. The summed E-state index contributed by atoms with van der Waals surface area (Å²) in [7, 11) is 0. The zero-order chi connectivity index (χ0) is 11.6. The lowest BCUT2D eigenvalue weighted by Gasteiger charge is -2.15. The molecule has 2 nitrogen and oxygen atoms in total. The van der Waals surface area contributed by atoms with E-state index in [2.05, 4.69) is 37.9 Å². The summed E-state index contributed by atoms with van der Waals surface area (Å²) in [5.74, 6) is 0.154. The van der Waals surface area contributed by atoms with Gasteiger partial charge in [0.2, 0.25) is 5.91 Å². The third-order valence-electron chi connectivity index (χ3n) is 2.77. The fourth-order valence-electron chi connectivity index (χ4n) is 1.58. The van der Waals surface area contributed by atoms with Crippen molar-refractivity contribution in [3.05, 3.63) is 28.3 Å². The van der Waals surface area contributed by atoms with Gasteiger partial charge < -0.3 is 5.32 Å². The average Bonchev–Trinajstić information content (AvgIpc) is 2.21. The number of carbonyl (C=O) groups excluding carboxylic acids is 1. The summed E-state index contributed by atoms with van der Waals surface area (Å²) in [5.41, 5.74) is 5.60. The summed E-state index contributed by atoms with van der Waals surface area (Å²) in [6.45, 7) is 8.15. The van der Waals surface area contributed by atoms with Gasteiger partial charge in [0.25, 0.3) is 0 Å². The highest BCUT2D eigenvalue weighted by molar-refractivity contribution is 7.81. The maximum atomic E-state index is 11.3. The summed E-state index contributed by atoms with van der Waals surface area (Å²) in [4.78, 5) is 11.3. The fraction of sp³-hybridized carbons (Fsp3) is 0.417. The second-order valence-corrected chi connectivity index (χ2v) is 4.16. The molecule has 0 fully saturated rings. The van der Waals surface area contributed by atoms with Crippen LogP contribution >= 0.6 is 12.6 Å². The predicted octanol–water partition coefficient (Wildman–Crippen LogP) is 2.79. The highest BCUT2D eigenvalue weighted by atomic mass is 32.1. The molecule has 0 spiro atoms. The van der Waals surface area contributed by atoms with Crippen molar-refractivity contribution in [2.24, 2.45) is 0 Å². The van der Waals surface area contributed by atoms with Crippen molar-refractivity contribution in [3.63, 3.8) is 0 Å². The van der Waals surface area contributed by atoms with Gasteiger partial charge in [-0.2, -0.15) is 12.6 Å². The van der Waals surface area contributed by atoms with E-state index in [4.69, 9.17) is 0 Å². The topological polar surface area (TPSA) is 29.1 Å². The summed E-state index contributed by atoms with van der Waals surface area (Å²) >= 11 is 3.95. The van der Waals surface area contributed by atoms with Crippen LogP contribution in [-0.4, -0.2) is 11.7 Å². The molecule has 0 radical (unpaired) electrons. The largest absolute Gasteiger partial charge is 0.325 e. The van der Waals surface area contributed by atoms with Crippen LogP contribution in [0.15, 0.2) is 6.07 Å². The van der Waals surface area contributed by atoms with Crippen LogP contribution in [0.4, 0.5) is 5.69 Å². The third-order valence-corrected chi connectivity index (χ3v) is 3.06. The Labute approximate surface area is 96.5 Å². The molecule has 1 rings (SSSR count). The van der Waals surface area contributed by atoms with Crippen molar-refractivity contribution < 1.29 is 4.79 Å². The average molecular weight is 223 g/mol. The van der Waals surface area contributed by atoms with E-state index in [1.165, 1.54) is 11.1 Å². The zero-order valence-electron chi connectivity index (χ0n) is 9.64. The minimum absolute atomic E-state index is 0.0606. The fourth-order valence-corrected chi connectivity index (χ4v) is 1.66. The number of hydrogen-bond acceptors (Lipinski definition) is 2. The second-order valence-electron chi connectivity index (χ2n) is 3.84. The number of thiol groups is 1. The molecule has 0 bridgehead atoms. The van der Waals surface area contributed by atoms with Crippen molar-refractivity contribution in [2.75, 3.05) is 11.1 Å². The highest BCUT2D eigenvalue weighted by Gasteiger charge is 2.10. The van der Waals surface area contributed by atoms with E-state index in [0.717, 1.165) is 16.8 Å². The Morgan fingerprint density at radius 1 is 1.20 bits per heavy atom. The molecule has 0 aromatic heterocycles. The van der Waals surface area contributed by atoms with E-state index < -0.39 is 0 Å². The van der Waals surface area contributed by atoms with Crippen LogP contribution in [0.1, 0.15) is 22.3 Å². The Morgan fingerprint density at radius 3 is 2.07 bits per heavy atom. The van der Waals surface area contributed by atoms with Gasteiger partial charge in [-0.25, -0.2) is 0 Å². The number of carbonyl (C=O) groups is 1. The number of nitrogens with one attached hydrogen (secondary N) is 1. The quantitative estimate of drug-likeness (QED) is 0.742. The molecule has 3 heteroatoms. The summed E-state index contributed by atoms with van der Waals surface area (Å²) in [5, 5.41) is 2.89. The number of rotatable bonds is 2. The number of amides is 1. The smallest absolute Gasteiger partial charge is 0.234 e. The van der Waals surface area contributed by atoms with Gasteiger partial charge in [-0.1, -0.05) is 6.07 Å². The highest BCUT2D eigenvalue weighted by Crippen LogP contribution is 2.26. The molecule has 1 N–H and O–H groups in total. The van der Waals surface area contributed by atoms with Crippen molar-refractivity contribution >= 4 is 24.2 Å². The standard InChI is InChI=1S/C12H17NOS/c1-7-5-8(2)10(4)12(9(7)3)13-11(14)6-15/h5,15H,6H2,1-4H3,(H,13,14). The van der Waals surface area contributed by atoms with E-state index in [1.54, 1.807) is 0 Å². The monoisotopic (exact) mass is 223 g/mol. The predicted molar refractivity (Wildman–Crippen MR) is 67.9 cm³/mol. The first-order chi connectivity index (χ1) is 6.97. The van der Waals surface area contributed by atoms with Gasteiger partial charge in [-0.15, -0.1) is 0 Å². The van der Waals surface area contributed by atoms with Crippen molar-refractivity contribution in [3.8, 4) is 0 Å². The van der Waals surface area contributed by atoms with E-state index in [1.807, 2.05) is 13.8 Å². The van der Waals surface area contributed by atoms with Crippen LogP contribution < -0.4 is 5.32 Å². The van der Waals surface area contributed by atoms with Gasteiger partial charge in [0, 0.05) is 5.69 Å². The molecule has 1 aromatic rings. The maximum Gasteiger partial charge on any atom is 0.234 e. The number of anilines is 1. The van der Waals surface area contributed by atoms with Crippen molar-refractivity contribution in [1.82, 2.24) is 0 Å². The van der Waals surface area contributed by atoms with Gasteiger partial charge in [0.05, 0.1) is 5.75 Å². The molecular weight excluding hydrogens is 206 g/mol. The van der Waals surface area contributed by atoms with Gasteiger partial charge in [0.1, 0.15) is 0 Å². The lowest BCUT2D eigenvalue weighted by atomic mass is 9.99.